The molecule has 0 spiro atoms. The van der Waals surface area contributed by atoms with Crippen LogP contribution in [-0.4, -0.2) is 71.5 Å². The fourth-order valence-electron chi connectivity index (χ4n) is 5.22. The van der Waals surface area contributed by atoms with Crippen LogP contribution >= 0.6 is 0 Å². The van der Waals surface area contributed by atoms with Gasteiger partial charge < -0.3 is 14.5 Å². The number of likely N-dealkylation sites (tertiary alicyclic amines) is 2. The molecule has 3 aliphatic heterocycles. The van der Waals surface area contributed by atoms with Crippen LogP contribution < -0.4 is 9.64 Å². The Morgan fingerprint density at radius 1 is 1.06 bits per heavy atom. The molecule has 6 rings (SSSR count). The van der Waals surface area contributed by atoms with Crippen molar-refractivity contribution in [2.75, 3.05) is 37.7 Å². The molecule has 33 heavy (non-hydrogen) atoms. The Kier molecular flexibility index (Phi) is 5.01. The average Bonchev–Trinajstić information content (AvgIpc) is 3.43. The summed E-state index contributed by atoms with van der Waals surface area (Å²) in [6.45, 7) is 2.29. The van der Waals surface area contributed by atoms with Crippen LogP contribution in [-0.2, 0) is 6.54 Å². The number of hydrogen-bond acceptors (Lipinski definition) is 5. The average molecular weight is 455 g/mol. The number of amides is 1. The summed E-state index contributed by atoms with van der Waals surface area (Å²) < 4.78 is 32.8. The number of anilines is 1. The summed E-state index contributed by atoms with van der Waals surface area (Å²) in [5, 5.41) is 0. The number of fused-ring (bicyclic) bond motifs is 2. The maximum Gasteiger partial charge on any atom is 0.282 e. The van der Waals surface area contributed by atoms with Crippen molar-refractivity contribution in [2.24, 2.45) is 5.92 Å². The van der Waals surface area contributed by atoms with E-state index in [1.54, 1.807) is 17.0 Å². The van der Waals surface area contributed by atoms with Crippen molar-refractivity contribution in [1.82, 2.24) is 14.8 Å². The number of aromatic nitrogens is 1. The van der Waals surface area contributed by atoms with Crippen LogP contribution in [0.5, 0.6) is 5.88 Å². The van der Waals surface area contributed by atoms with Gasteiger partial charge in [-0.25, -0.2) is 13.8 Å². The van der Waals surface area contributed by atoms with Crippen LogP contribution in [0.4, 0.5) is 14.5 Å². The number of pyridine rings is 1. The van der Waals surface area contributed by atoms with Crippen LogP contribution in [0.1, 0.15) is 35.3 Å². The standard InChI is InChI=1S/C25H28F2N4O2/c26-25(27)15-30(16-25)22-9-8-21(28-23(22)33-14-18-6-7-18)24(32)31-13-19-10-20(31)12-29(19)11-17-4-2-1-3-5-17/h1-5,8-9,18-20H,6-7,10-16H2/t19-,20+/m1/s1. The zero-order chi connectivity index (χ0) is 22.6. The molecule has 3 saturated heterocycles. The lowest BCUT2D eigenvalue weighted by Crippen LogP contribution is -2.56. The molecule has 6 nitrogen and oxygen atoms in total. The van der Waals surface area contributed by atoms with Crippen molar-refractivity contribution in [3.05, 3.63) is 53.7 Å². The molecule has 174 valence electrons. The van der Waals surface area contributed by atoms with Gasteiger partial charge in [0.05, 0.1) is 19.7 Å². The molecule has 1 saturated carbocycles. The van der Waals surface area contributed by atoms with Crippen molar-refractivity contribution < 1.29 is 18.3 Å². The van der Waals surface area contributed by atoms with E-state index in [-0.39, 0.29) is 25.0 Å². The number of hydrogen-bond donors (Lipinski definition) is 0. The van der Waals surface area contributed by atoms with E-state index in [2.05, 4.69) is 34.1 Å². The molecular weight excluding hydrogens is 426 g/mol. The number of ether oxygens (including phenoxy) is 1. The maximum absolute atomic E-state index is 13.4. The number of halogens is 2. The van der Waals surface area contributed by atoms with E-state index in [4.69, 9.17) is 4.74 Å². The Balaban J connectivity index is 1.15. The van der Waals surface area contributed by atoms with Crippen molar-refractivity contribution in [2.45, 2.75) is 43.8 Å². The van der Waals surface area contributed by atoms with Crippen molar-refractivity contribution in [3.8, 4) is 5.88 Å². The Morgan fingerprint density at radius 2 is 1.85 bits per heavy atom. The zero-order valence-corrected chi connectivity index (χ0v) is 18.5. The van der Waals surface area contributed by atoms with Crippen molar-refractivity contribution in [1.29, 1.82) is 0 Å². The van der Waals surface area contributed by atoms with Crippen LogP contribution in [0, 0.1) is 5.92 Å². The van der Waals surface area contributed by atoms with Gasteiger partial charge in [-0.3, -0.25) is 9.69 Å². The molecule has 0 unspecified atom stereocenters. The van der Waals surface area contributed by atoms with Gasteiger partial charge in [0.1, 0.15) is 11.4 Å². The highest BCUT2D eigenvalue weighted by Crippen LogP contribution is 2.39. The summed E-state index contributed by atoms with van der Waals surface area (Å²) in [6.07, 6.45) is 3.21. The SMILES string of the molecule is O=C(c1ccc(N2CC(F)(F)C2)c(OCC2CC2)n1)N1C[C@H]2C[C@H]1CN2Cc1ccccc1. The third-order valence-corrected chi connectivity index (χ3v) is 7.24. The van der Waals surface area contributed by atoms with E-state index < -0.39 is 5.92 Å². The van der Waals surface area contributed by atoms with Gasteiger partial charge in [0.15, 0.2) is 0 Å². The van der Waals surface area contributed by atoms with Gasteiger partial charge >= 0.3 is 0 Å². The molecule has 1 amide bonds. The topological polar surface area (TPSA) is 48.9 Å². The van der Waals surface area contributed by atoms with E-state index in [9.17, 15) is 13.6 Å². The lowest BCUT2D eigenvalue weighted by Gasteiger charge is -2.40. The third kappa shape index (κ3) is 4.16. The number of benzene rings is 1. The molecule has 1 aliphatic carbocycles. The molecule has 1 aromatic heterocycles. The largest absolute Gasteiger partial charge is 0.476 e. The zero-order valence-electron chi connectivity index (χ0n) is 18.5. The number of rotatable bonds is 7. The number of carbonyl (C=O) groups excluding carboxylic acids is 1. The highest BCUT2D eigenvalue weighted by molar-refractivity contribution is 5.93. The van der Waals surface area contributed by atoms with Crippen LogP contribution in [0.15, 0.2) is 42.5 Å². The van der Waals surface area contributed by atoms with Gasteiger partial charge in [0.25, 0.3) is 11.8 Å². The molecule has 4 fully saturated rings. The van der Waals surface area contributed by atoms with Crippen LogP contribution in [0.2, 0.25) is 0 Å². The molecule has 8 heteroatoms. The second-order valence-corrected chi connectivity index (χ2v) is 9.90. The molecule has 2 atom stereocenters. The second-order valence-electron chi connectivity index (χ2n) is 9.90. The van der Waals surface area contributed by atoms with E-state index in [0.717, 1.165) is 32.4 Å². The predicted octanol–water partition coefficient (Wildman–Crippen LogP) is 3.42. The Hall–Kier alpha value is -2.74. The molecule has 0 N–H and O–H groups in total. The molecular formula is C25H28F2N4O2. The molecule has 4 aliphatic rings. The Labute approximate surface area is 192 Å². The van der Waals surface area contributed by atoms with Crippen molar-refractivity contribution >= 4 is 11.6 Å². The molecule has 0 radical (unpaired) electrons. The number of carbonyl (C=O) groups is 1. The summed E-state index contributed by atoms with van der Waals surface area (Å²) in [5.41, 5.74) is 2.17. The highest BCUT2D eigenvalue weighted by Gasteiger charge is 2.47. The van der Waals surface area contributed by atoms with E-state index in [0.29, 0.717) is 42.4 Å². The molecule has 1 aromatic carbocycles. The lowest BCUT2D eigenvalue weighted by molar-refractivity contribution is -0.0265. The summed E-state index contributed by atoms with van der Waals surface area (Å²) in [7, 11) is 0. The maximum atomic E-state index is 13.4. The fourth-order valence-corrected chi connectivity index (χ4v) is 5.22. The normalized spacial score (nSPS) is 25.9. The first-order chi connectivity index (χ1) is 15.9. The summed E-state index contributed by atoms with van der Waals surface area (Å²) in [4.78, 5) is 23.8. The Morgan fingerprint density at radius 3 is 2.52 bits per heavy atom. The quantitative estimate of drug-likeness (QED) is 0.642. The Bertz CT molecular complexity index is 1040. The summed E-state index contributed by atoms with van der Waals surface area (Å²) in [6, 6.07) is 14.3. The monoisotopic (exact) mass is 454 g/mol. The van der Waals surface area contributed by atoms with Gasteiger partial charge in [0, 0.05) is 31.7 Å². The minimum atomic E-state index is -2.68. The van der Waals surface area contributed by atoms with Gasteiger partial charge in [-0.1, -0.05) is 30.3 Å². The van der Waals surface area contributed by atoms with E-state index in [1.807, 2.05) is 11.0 Å². The minimum absolute atomic E-state index is 0.0985. The first kappa shape index (κ1) is 20.8. The van der Waals surface area contributed by atoms with Crippen LogP contribution in [0.25, 0.3) is 0 Å². The predicted molar refractivity (Wildman–Crippen MR) is 120 cm³/mol. The summed E-state index contributed by atoms with van der Waals surface area (Å²) in [5.74, 6) is -1.97. The first-order valence-electron chi connectivity index (χ1n) is 11.8. The fraction of sp³-hybridized carbons (Fsp3) is 0.520. The number of piperazine rings is 1. The highest BCUT2D eigenvalue weighted by atomic mass is 19.3. The van der Waals surface area contributed by atoms with Gasteiger partial charge in [-0.05, 0) is 42.9 Å². The minimum Gasteiger partial charge on any atom is -0.476 e. The van der Waals surface area contributed by atoms with Gasteiger partial charge in [-0.15, -0.1) is 0 Å². The lowest BCUT2D eigenvalue weighted by atomic mass is 10.1. The number of nitrogens with zero attached hydrogens (tertiary/aromatic N) is 4. The second kappa shape index (κ2) is 7.94. The third-order valence-electron chi connectivity index (χ3n) is 7.24. The molecule has 4 heterocycles. The summed E-state index contributed by atoms with van der Waals surface area (Å²) >= 11 is 0. The smallest absolute Gasteiger partial charge is 0.282 e. The number of alkyl halides is 2. The molecule has 2 aromatic rings. The van der Waals surface area contributed by atoms with E-state index >= 15 is 0 Å². The van der Waals surface area contributed by atoms with Crippen LogP contribution in [0.3, 0.4) is 0 Å². The van der Waals surface area contributed by atoms with Crippen molar-refractivity contribution in [3.63, 3.8) is 0 Å². The van der Waals surface area contributed by atoms with Gasteiger partial charge in [0.2, 0.25) is 5.88 Å². The first-order valence-corrected chi connectivity index (χ1v) is 11.8. The van der Waals surface area contributed by atoms with Gasteiger partial charge in [-0.2, -0.15) is 0 Å². The molecule has 2 bridgehead atoms. The van der Waals surface area contributed by atoms with E-state index in [1.165, 1.54) is 5.56 Å².